The Bertz CT molecular complexity index is 433. The molecule has 2 N–H and O–H groups in total. The van der Waals surface area contributed by atoms with Crippen molar-refractivity contribution < 1.29 is 24.5 Å². The molecule has 1 aliphatic rings. The van der Waals surface area contributed by atoms with Crippen LogP contribution < -0.4 is 0 Å². The maximum absolute atomic E-state index is 12.3. The van der Waals surface area contributed by atoms with E-state index in [1.165, 1.54) is 7.11 Å². The fourth-order valence-electron chi connectivity index (χ4n) is 2.30. The van der Waals surface area contributed by atoms with Crippen LogP contribution in [0.4, 0.5) is 0 Å². The van der Waals surface area contributed by atoms with Gasteiger partial charge in [0.1, 0.15) is 24.4 Å². The molecule has 0 aliphatic carbocycles. The normalized spacial score (nSPS) is 35.1. The van der Waals surface area contributed by atoms with E-state index < -0.39 is 30.5 Å². The van der Waals surface area contributed by atoms with Crippen LogP contribution in [-0.2, 0) is 9.47 Å². The molecule has 0 spiro atoms. The van der Waals surface area contributed by atoms with Crippen molar-refractivity contribution in [1.82, 2.24) is 0 Å². The molecule has 0 bridgehead atoms. The largest absolute Gasteiger partial charge is 0.388 e. The number of Topliss-reactive ketones (excluding diaryl/α,β-unsaturated/α-hetero) is 1. The van der Waals surface area contributed by atoms with Crippen molar-refractivity contribution in [1.29, 1.82) is 0 Å². The Kier molecular flexibility index (Phi) is 4.31. The van der Waals surface area contributed by atoms with Crippen LogP contribution in [0.3, 0.4) is 0 Å². The molecule has 5 atom stereocenters. The van der Waals surface area contributed by atoms with Crippen LogP contribution in [-0.4, -0.2) is 53.6 Å². The van der Waals surface area contributed by atoms with Crippen LogP contribution in [0.1, 0.15) is 17.3 Å². The zero-order valence-electron chi connectivity index (χ0n) is 10.9. The Labute approximate surface area is 111 Å². The van der Waals surface area contributed by atoms with Crippen molar-refractivity contribution in [3.8, 4) is 0 Å². The van der Waals surface area contributed by atoms with Gasteiger partial charge in [0.05, 0.1) is 6.10 Å². The minimum absolute atomic E-state index is 0.311. The number of aliphatic hydroxyl groups is 2. The number of hydrogen-bond acceptors (Lipinski definition) is 5. The second-order valence-corrected chi connectivity index (χ2v) is 4.67. The first-order chi connectivity index (χ1) is 9.06. The topological polar surface area (TPSA) is 76.0 Å². The van der Waals surface area contributed by atoms with Gasteiger partial charge in [-0.3, -0.25) is 4.79 Å². The SMILES string of the molecule is CO[C@H]1[C@H](O)[C@@H](C(=O)c2ccccc2)O[C@H](C)[C@H]1O. The number of benzene rings is 1. The molecule has 5 heteroatoms. The van der Waals surface area contributed by atoms with E-state index in [1.54, 1.807) is 37.3 Å². The Morgan fingerprint density at radius 3 is 2.42 bits per heavy atom. The molecule has 5 nitrogen and oxygen atoms in total. The van der Waals surface area contributed by atoms with E-state index in [1.807, 2.05) is 0 Å². The average Bonchev–Trinajstić information content (AvgIpc) is 2.44. The molecule has 104 valence electrons. The number of rotatable bonds is 3. The van der Waals surface area contributed by atoms with Gasteiger partial charge in [-0.05, 0) is 6.92 Å². The summed E-state index contributed by atoms with van der Waals surface area (Å²) in [6, 6.07) is 8.62. The Morgan fingerprint density at radius 1 is 1.21 bits per heavy atom. The van der Waals surface area contributed by atoms with Gasteiger partial charge in [0.25, 0.3) is 0 Å². The first-order valence-corrected chi connectivity index (χ1v) is 6.20. The quantitative estimate of drug-likeness (QED) is 0.774. The molecule has 0 radical (unpaired) electrons. The zero-order chi connectivity index (χ0) is 14.0. The lowest BCUT2D eigenvalue weighted by Crippen LogP contribution is -2.59. The van der Waals surface area contributed by atoms with Gasteiger partial charge in [-0.15, -0.1) is 0 Å². The lowest BCUT2D eigenvalue weighted by atomic mass is 9.91. The molecule has 1 heterocycles. The van der Waals surface area contributed by atoms with Crippen molar-refractivity contribution in [3.05, 3.63) is 35.9 Å². The number of carbonyl (C=O) groups excluding carboxylic acids is 1. The molecule has 0 amide bonds. The minimum atomic E-state index is -1.19. The molecule has 1 aromatic rings. The number of methoxy groups -OCH3 is 1. The third-order valence-corrected chi connectivity index (χ3v) is 3.41. The number of ketones is 1. The van der Waals surface area contributed by atoms with E-state index in [-0.39, 0.29) is 5.78 Å². The number of hydrogen-bond donors (Lipinski definition) is 2. The molecule has 19 heavy (non-hydrogen) atoms. The molecule has 1 saturated heterocycles. The third-order valence-electron chi connectivity index (χ3n) is 3.41. The number of aliphatic hydroxyl groups excluding tert-OH is 2. The molecular weight excluding hydrogens is 248 g/mol. The van der Waals surface area contributed by atoms with Crippen molar-refractivity contribution in [2.24, 2.45) is 0 Å². The lowest BCUT2D eigenvalue weighted by Gasteiger charge is -2.40. The summed E-state index contributed by atoms with van der Waals surface area (Å²) in [5.41, 5.74) is 0.463. The highest BCUT2D eigenvalue weighted by Gasteiger charge is 2.46. The summed E-state index contributed by atoms with van der Waals surface area (Å²) in [5, 5.41) is 20.0. The predicted molar refractivity (Wildman–Crippen MR) is 67.9 cm³/mol. The second-order valence-electron chi connectivity index (χ2n) is 4.67. The fraction of sp³-hybridized carbons (Fsp3) is 0.500. The van der Waals surface area contributed by atoms with Gasteiger partial charge in [-0.2, -0.15) is 0 Å². The van der Waals surface area contributed by atoms with Crippen LogP contribution in [0.2, 0.25) is 0 Å². The molecule has 1 aliphatic heterocycles. The summed E-state index contributed by atoms with van der Waals surface area (Å²) in [4.78, 5) is 12.3. The molecule has 2 rings (SSSR count). The van der Waals surface area contributed by atoms with Gasteiger partial charge in [0.15, 0.2) is 5.78 Å². The van der Waals surface area contributed by atoms with Crippen LogP contribution in [0.15, 0.2) is 30.3 Å². The molecule has 0 saturated carbocycles. The lowest BCUT2D eigenvalue weighted by molar-refractivity contribution is -0.211. The summed E-state index contributed by atoms with van der Waals surface area (Å²) >= 11 is 0. The molecule has 1 aromatic carbocycles. The van der Waals surface area contributed by atoms with E-state index in [4.69, 9.17) is 9.47 Å². The van der Waals surface area contributed by atoms with Gasteiger partial charge >= 0.3 is 0 Å². The summed E-state index contributed by atoms with van der Waals surface area (Å²) in [6.45, 7) is 1.65. The number of ether oxygens (including phenoxy) is 2. The van der Waals surface area contributed by atoms with Gasteiger partial charge in [0, 0.05) is 12.7 Å². The van der Waals surface area contributed by atoms with Gasteiger partial charge < -0.3 is 19.7 Å². The Hall–Kier alpha value is -1.27. The van der Waals surface area contributed by atoms with E-state index >= 15 is 0 Å². The third kappa shape index (κ3) is 2.69. The van der Waals surface area contributed by atoms with Gasteiger partial charge in [-0.1, -0.05) is 30.3 Å². The minimum Gasteiger partial charge on any atom is -0.388 e. The summed E-state index contributed by atoms with van der Waals surface area (Å²) < 4.78 is 10.5. The van der Waals surface area contributed by atoms with E-state index in [2.05, 4.69) is 0 Å². The maximum Gasteiger partial charge on any atom is 0.194 e. The molecule has 1 fully saturated rings. The van der Waals surface area contributed by atoms with Gasteiger partial charge in [0.2, 0.25) is 0 Å². The first kappa shape index (κ1) is 14.1. The molecule has 0 aromatic heterocycles. The Balaban J connectivity index is 2.22. The highest BCUT2D eigenvalue weighted by atomic mass is 16.6. The maximum atomic E-state index is 12.3. The summed E-state index contributed by atoms with van der Waals surface area (Å²) in [6.07, 6.45) is -4.58. The fourth-order valence-corrected chi connectivity index (χ4v) is 2.30. The van der Waals surface area contributed by atoms with E-state index in [9.17, 15) is 15.0 Å². The van der Waals surface area contributed by atoms with E-state index in [0.717, 1.165) is 0 Å². The van der Waals surface area contributed by atoms with Crippen molar-refractivity contribution in [3.63, 3.8) is 0 Å². The van der Waals surface area contributed by atoms with E-state index in [0.29, 0.717) is 5.56 Å². The molecular formula is C14H18O5. The smallest absolute Gasteiger partial charge is 0.194 e. The summed E-state index contributed by atoms with van der Waals surface area (Å²) in [5.74, 6) is -0.311. The average molecular weight is 266 g/mol. The predicted octanol–water partition coefficient (Wildman–Crippen LogP) is 0.393. The highest BCUT2D eigenvalue weighted by Crippen LogP contribution is 2.25. The van der Waals surface area contributed by atoms with Crippen molar-refractivity contribution in [2.75, 3.05) is 7.11 Å². The zero-order valence-corrected chi connectivity index (χ0v) is 10.9. The van der Waals surface area contributed by atoms with Crippen LogP contribution in [0.25, 0.3) is 0 Å². The van der Waals surface area contributed by atoms with Crippen LogP contribution >= 0.6 is 0 Å². The second kappa shape index (κ2) is 5.79. The van der Waals surface area contributed by atoms with Crippen LogP contribution in [0, 0.1) is 0 Å². The van der Waals surface area contributed by atoms with Crippen molar-refractivity contribution >= 4 is 5.78 Å². The number of carbonyl (C=O) groups is 1. The molecule has 0 unspecified atom stereocenters. The summed E-state index contributed by atoms with van der Waals surface area (Å²) in [7, 11) is 1.39. The van der Waals surface area contributed by atoms with Crippen molar-refractivity contribution in [2.45, 2.75) is 37.4 Å². The van der Waals surface area contributed by atoms with Crippen LogP contribution in [0.5, 0.6) is 0 Å². The standard InChI is InChI=1S/C14H18O5/c1-8-10(15)13(18-2)12(17)14(19-8)11(16)9-6-4-3-5-7-9/h3-8,10,12-15,17H,1-2H3/t8-,10-,12+,13-,14-/m1/s1. The highest BCUT2D eigenvalue weighted by molar-refractivity contribution is 6.00. The van der Waals surface area contributed by atoms with Gasteiger partial charge in [-0.25, -0.2) is 0 Å². The monoisotopic (exact) mass is 266 g/mol. The Morgan fingerprint density at radius 2 is 1.84 bits per heavy atom. The first-order valence-electron chi connectivity index (χ1n) is 6.20.